The van der Waals surface area contributed by atoms with Gasteiger partial charge in [-0.15, -0.1) is 0 Å². The number of rotatable bonds is 5. The molecule has 1 aromatic carbocycles. The van der Waals surface area contributed by atoms with Crippen molar-refractivity contribution < 1.29 is 9.90 Å². The lowest BCUT2D eigenvalue weighted by molar-refractivity contribution is -0.115. The lowest BCUT2D eigenvalue weighted by atomic mass is 10.0. The van der Waals surface area contributed by atoms with Crippen molar-refractivity contribution in [3.63, 3.8) is 0 Å². The molecular weight excluding hydrogens is 280 g/mol. The molecule has 0 unspecified atom stereocenters. The van der Waals surface area contributed by atoms with Gasteiger partial charge in [-0.2, -0.15) is 0 Å². The van der Waals surface area contributed by atoms with Crippen molar-refractivity contribution in [1.82, 2.24) is 0 Å². The number of aliphatic hydroxyl groups excluding tert-OH is 1. The Morgan fingerprint density at radius 3 is 2.53 bits per heavy atom. The average Bonchev–Trinajstić information content (AvgIpc) is 2.38. The zero-order chi connectivity index (χ0) is 12.7. The molecule has 0 heterocycles. The number of allylic oxidation sites excluding steroid dienone is 4. The first kappa shape index (κ1) is 13.9. The Bertz CT molecular complexity index is 409. The van der Waals surface area contributed by atoms with Crippen LogP contribution in [-0.4, -0.2) is 15.7 Å². The average molecular weight is 295 g/mol. The standard InChI is InChI=1S/C14H15BrO2/c1-2-3-5-10-12(16)13(15)14(17)11-8-6-4-7-9-11/h2-10,13-14,17H,1H3/b3-2+,10-5+/t13-,14-/m0/s1. The second kappa shape index (κ2) is 7.20. The molecule has 0 amide bonds. The van der Waals surface area contributed by atoms with Crippen LogP contribution in [0.4, 0.5) is 0 Å². The molecule has 1 rings (SSSR count). The van der Waals surface area contributed by atoms with Gasteiger partial charge in [0.1, 0.15) is 4.83 Å². The molecule has 0 aliphatic rings. The van der Waals surface area contributed by atoms with E-state index in [2.05, 4.69) is 15.9 Å². The smallest absolute Gasteiger partial charge is 0.172 e. The Kier molecular flexibility index (Phi) is 5.87. The van der Waals surface area contributed by atoms with E-state index >= 15 is 0 Å². The minimum absolute atomic E-state index is 0.153. The highest BCUT2D eigenvalue weighted by molar-refractivity contribution is 9.10. The molecular formula is C14H15BrO2. The molecule has 2 atom stereocenters. The molecule has 2 nitrogen and oxygen atoms in total. The third-order valence-corrected chi connectivity index (χ3v) is 3.21. The maximum atomic E-state index is 11.7. The van der Waals surface area contributed by atoms with Crippen LogP contribution in [0.15, 0.2) is 54.6 Å². The van der Waals surface area contributed by atoms with Gasteiger partial charge in [-0.3, -0.25) is 4.79 Å². The minimum Gasteiger partial charge on any atom is -0.387 e. The van der Waals surface area contributed by atoms with Crippen molar-refractivity contribution in [3.05, 3.63) is 60.2 Å². The van der Waals surface area contributed by atoms with Crippen LogP contribution in [-0.2, 0) is 4.79 Å². The summed E-state index contributed by atoms with van der Waals surface area (Å²) in [6.45, 7) is 1.87. The Morgan fingerprint density at radius 1 is 1.29 bits per heavy atom. The van der Waals surface area contributed by atoms with Crippen LogP contribution in [0.2, 0.25) is 0 Å². The SMILES string of the molecule is C/C=C/C=C/C(=O)[C@H](Br)[C@@H](O)c1ccccc1. The van der Waals surface area contributed by atoms with Crippen molar-refractivity contribution in [2.45, 2.75) is 17.9 Å². The highest BCUT2D eigenvalue weighted by atomic mass is 79.9. The van der Waals surface area contributed by atoms with E-state index in [-0.39, 0.29) is 5.78 Å². The first-order valence-corrected chi connectivity index (χ1v) is 6.28. The third kappa shape index (κ3) is 4.29. The van der Waals surface area contributed by atoms with E-state index < -0.39 is 10.9 Å². The van der Waals surface area contributed by atoms with Gasteiger partial charge in [-0.05, 0) is 18.6 Å². The number of ketones is 1. The van der Waals surface area contributed by atoms with Crippen LogP contribution in [0.1, 0.15) is 18.6 Å². The zero-order valence-corrected chi connectivity index (χ0v) is 11.2. The van der Waals surface area contributed by atoms with Crippen molar-refractivity contribution in [2.75, 3.05) is 0 Å². The molecule has 0 aliphatic heterocycles. The van der Waals surface area contributed by atoms with Gasteiger partial charge in [0, 0.05) is 0 Å². The van der Waals surface area contributed by atoms with E-state index in [0.717, 1.165) is 5.56 Å². The number of benzene rings is 1. The molecule has 1 N–H and O–H groups in total. The highest BCUT2D eigenvalue weighted by Crippen LogP contribution is 2.23. The fourth-order valence-electron chi connectivity index (χ4n) is 1.33. The van der Waals surface area contributed by atoms with Gasteiger partial charge < -0.3 is 5.11 Å². The number of hydrogen-bond acceptors (Lipinski definition) is 2. The van der Waals surface area contributed by atoms with Gasteiger partial charge >= 0.3 is 0 Å². The normalized spacial score (nSPS) is 15.2. The number of hydrogen-bond donors (Lipinski definition) is 1. The van der Waals surface area contributed by atoms with Gasteiger partial charge in [-0.1, -0.05) is 64.5 Å². The van der Waals surface area contributed by atoms with Crippen LogP contribution in [0.5, 0.6) is 0 Å². The van der Waals surface area contributed by atoms with Gasteiger partial charge in [0.15, 0.2) is 5.78 Å². The van der Waals surface area contributed by atoms with E-state index in [1.165, 1.54) is 6.08 Å². The monoisotopic (exact) mass is 294 g/mol. The summed E-state index contributed by atoms with van der Waals surface area (Å²) in [5.41, 5.74) is 0.724. The molecule has 0 aromatic heterocycles. The summed E-state index contributed by atoms with van der Waals surface area (Å²) in [6, 6.07) is 9.12. The second-order valence-electron chi connectivity index (χ2n) is 3.54. The van der Waals surface area contributed by atoms with Crippen LogP contribution in [0.25, 0.3) is 0 Å². The van der Waals surface area contributed by atoms with Crippen molar-refractivity contribution in [3.8, 4) is 0 Å². The summed E-state index contributed by atoms with van der Waals surface area (Å²) in [4.78, 5) is 11.1. The predicted octanol–water partition coefficient (Wildman–Crippen LogP) is 3.18. The van der Waals surface area contributed by atoms with E-state index in [4.69, 9.17) is 0 Å². The van der Waals surface area contributed by atoms with Gasteiger partial charge in [-0.25, -0.2) is 0 Å². The van der Waals surface area contributed by atoms with Gasteiger partial charge in [0.25, 0.3) is 0 Å². The molecule has 0 aliphatic carbocycles. The minimum atomic E-state index is -0.834. The number of halogens is 1. The Morgan fingerprint density at radius 2 is 1.94 bits per heavy atom. The number of carbonyl (C=O) groups is 1. The van der Waals surface area contributed by atoms with Gasteiger partial charge in [0.2, 0.25) is 0 Å². The zero-order valence-electron chi connectivity index (χ0n) is 9.58. The molecule has 0 bridgehead atoms. The van der Waals surface area contributed by atoms with E-state index in [9.17, 15) is 9.90 Å². The van der Waals surface area contributed by atoms with Crippen molar-refractivity contribution in [1.29, 1.82) is 0 Å². The van der Waals surface area contributed by atoms with Crippen LogP contribution < -0.4 is 0 Å². The van der Waals surface area contributed by atoms with E-state index in [1.54, 1.807) is 24.3 Å². The maximum absolute atomic E-state index is 11.7. The summed E-state index contributed by atoms with van der Waals surface area (Å²) in [5, 5.41) is 10.00. The lowest BCUT2D eigenvalue weighted by Gasteiger charge is -2.14. The Hall–Kier alpha value is -1.19. The van der Waals surface area contributed by atoms with E-state index in [0.29, 0.717) is 0 Å². The molecule has 90 valence electrons. The predicted molar refractivity (Wildman–Crippen MR) is 73.1 cm³/mol. The summed E-state index contributed by atoms with van der Waals surface area (Å²) < 4.78 is 0. The highest BCUT2D eigenvalue weighted by Gasteiger charge is 2.22. The van der Waals surface area contributed by atoms with Crippen molar-refractivity contribution in [2.24, 2.45) is 0 Å². The first-order chi connectivity index (χ1) is 8.16. The Balaban J connectivity index is 2.70. The van der Waals surface area contributed by atoms with E-state index in [1.807, 2.05) is 31.2 Å². The molecule has 0 spiro atoms. The molecule has 0 saturated heterocycles. The molecule has 0 fully saturated rings. The third-order valence-electron chi connectivity index (χ3n) is 2.25. The fourth-order valence-corrected chi connectivity index (χ4v) is 1.79. The first-order valence-electron chi connectivity index (χ1n) is 5.37. The number of aliphatic hydroxyl groups is 1. The largest absolute Gasteiger partial charge is 0.387 e. The Labute approximate surface area is 110 Å². The molecule has 3 heteroatoms. The van der Waals surface area contributed by atoms with Gasteiger partial charge in [0.05, 0.1) is 6.10 Å². The number of carbonyl (C=O) groups excluding carboxylic acids is 1. The quantitative estimate of drug-likeness (QED) is 0.514. The fraction of sp³-hybridized carbons (Fsp3) is 0.214. The molecule has 1 aromatic rings. The number of alkyl halides is 1. The lowest BCUT2D eigenvalue weighted by Crippen LogP contribution is -2.20. The topological polar surface area (TPSA) is 37.3 Å². The summed E-state index contributed by atoms with van der Waals surface area (Å²) >= 11 is 3.22. The van der Waals surface area contributed by atoms with Crippen LogP contribution >= 0.6 is 15.9 Å². The summed E-state index contributed by atoms with van der Waals surface area (Å²) in [7, 11) is 0. The summed E-state index contributed by atoms with van der Waals surface area (Å²) in [6.07, 6.45) is 5.88. The van der Waals surface area contributed by atoms with Crippen LogP contribution in [0, 0.1) is 0 Å². The maximum Gasteiger partial charge on any atom is 0.172 e. The summed E-state index contributed by atoms with van der Waals surface area (Å²) in [5.74, 6) is -0.153. The second-order valence-corrected chi connectivity index (χ2v) is 4.53. The molecule has 0 radical (unpaired) electrons. The van der Waals surface area contributed by atoms with Crippen LogP contribution in [0.3, 0.4) is 0 Å². The molecule has 0 saturated carbocycles. The van der Waals surface area contributed by atoms with Crippen molar-refractivity contribution >= 4 is 21.7 Å². The molecule has 17 heavy (non-hydrogen) atoms.